The highest BCUT2D eigenvalue weighted by atomic mass is 16.4. The highest BCUT2D eigenvalue weighted by Gasteiger charge is 2.44. The van der Waals surface area contributed by atoms with Gasteiger partial charge in [-0.15, -0.1) is 0 Å². The third-order valence-electron chi connectivity index (χ3n) is 9.15. The first kappa shape index (κ1) is 23.2. The van der Waals surface area contributed by atoms with E-state index < -0.39 is 5.97 Å². The van der Waals surface area contributed by atoms with E-state index in [0.29, 0.717) is 24.3 Å². The van der Waals surface area contributed by atoms with Gasteiger partial charge in [-0.1, -0.05) is 65.2 Å². The van der Waals surface area contributed by atoms with Gasteiger partial charge in [0.05, 0.1) is 0 Å². The molecule has 3 fully saturated rings. The number of carbonyl (C=O) groups is 1. The number of hydrogen-bond donors (Lipinski definition) is 1. The van der Waals surface area contributed by atoms with Crippen LogP contribution in [0.3, 0.4) is 0 Å². The Morgan fingerprint density at radius 2 is 1.61 bits per heavy atom. The molecule has 0 aromatic heterocycles. The molecule has 4 rings (SSSR count). The summed E-state index contributed by atoms with van der Waals surface area (Å²) in [6.45, 7) is 4.89. The van der Waals surface area contributed by atoms with Gasteiger partial charge in [0.25, 0.3) is 0 Å². The van der Waals surface area contributed by atoms with E-state index in [0.717, 1.165) is 24.3 Å². The summed E-state index contributed by atoms with van der Waals surface area (Å²) < 4.78 is 0. The Balaban J connectivity index is 1.59. The average molecular weight is 430 g/mol. The molecular formula is C28H47NO2. The van der Waals surface area contributed by atoms with Crippen LogP contribution in [0.15, 0.2) is 11.3 Å². The first-order valence-corrected chi connectivity index (χ1v) is 13.8. The molecule has 1 heterocycles. The number of aliphatic carboxylic acids is 1. The lowest BCUT2D eigenvalue weighted by Gasteiger charge is -2.46. The van der Waals surface area contributed by atoms with Gasteiger partial charge in [-0.25, -0.2) is 0 Å². The lowest BCUT2D eigenvalue weighted by atomic mass is 9.77. The minimum absolute atomic E-state index is 0.351. The largest absolute Gasteiger partial charge is 0.481 e. The van der Waals surface area contributed by atoms with Gasteiger partial charge in [0.1, 0.15) is 0 Å². The molecule has 0 aromatic rings. The fourth-order valence-electron chi connectivity index (χ4n) is 7.75. The lowest BCUT2D eigenvalue weighted by Crippen LogP contribution is -2.46. The van der Waals surface area contributed by atoms with Crippen LogP contribution in [0.1, 0.15) is 123 Å². The molecule has 3 atom stereocenters. The van der Waals surface area contributed by atoms with Crippen LogP contribution in [0, 0.1) is 23.7 Å². The average Bonchev–Trinajstić information content (AvgIpc) is 3.20. The minimum Gasteiger partial charge on any atom is -0.481 e. The van der Waals surface area contributed by atoms with Crippen LogP contribution in [0.2, 0.25) is 0 Å². The second-order valence-corrected chi connectivity index (χ2v) is 11.6. The monoisotopic (exact) mass is 429 g/mol. The van der Waals surface area contributed by atoms with Crippen LogP contribution in [0.4, 0.5) is 0 Å². The van der Waals surface area contributed by atoms with E-state index in [1.54, 1.807) is 5.70 Å². The van der Waals surface area contributed by atoms with E-state index in [1.807, 2.05) is 5.57 Å². The van der Waals surface area contributed by atoms with Crippen LogP contribution in [-0.4, -0.2) is 28.1 Å². The second kappa shape index (κ2) is 10.8. The molecule has 0 radical (unpaired) electrons. The van der Waals surface area contributed by atoms with Crippen molar-refractivity contribution in [3.05, 3.63) is 11.3 Å². The summed E-state index contributed by atoms with van der Waals surface area (Å²) in [7, 11) is 0. The number of rotatable bonds is 7. The molecule has 3 saturated carbocycles. The van der Waals surface area contributed by atoms with Crippen molar-refractivity contribution in [2.45, 2.75) is 135 Å². The third kappa shape index (κ3) is 5.50. The Bertz CT molecular complexity index is 627. The topological polar surface area (TPSA) is 40.5 Å². The number of carboxylic acid groups (broad SMARTS) is 1. The van der Waals surface area contributed by atoms with Gasteiger partial charge < -0.3 is 10.0 Å². The van der Waals surface area contributed by atoms with Gasteiger partial charge in [-0.3, -0.25) is 4.79 Å². The van der Waals surface area contributed by atoms with Crippen molar-refractivity contribution < 1.29 is 9.90 Å². The molecule has 31 heavy (non-hydrogen) atoms. The smallest absolute Gasteiger partial charge is 0.303 e. The van der Waals surface area contributed by atoms with Gasteiger partial charge in [0.2, 0.25) is 0 Å². The lowest BCUT2D eigenvalue weighted by molar-refractivity contribution is -0.137. The summed E-state index contributed by atoms with van der Waals surface area (Å²) in [5.41, 5.74) is 3.60. The quantitative estimate of drug-likeness (QED) is 0.454. The maximum atomic E-state index is 11.2. The van der Waals surface area contributed by atoms with Crippen molar-refractivity contribution in [2.24, 2.45) is 23.7 Å². The molecule has 3 unspecified atom stereocenters. The van der Waals surface area contributed by atoms with Gasteiger partial charge in [-0.05, 0) is 80.6 Å². The third-order valence-corrected chi connectivity index (χ3v) is 9.15. The summed E-state index contributed by atoms with van der Waals surface area (Å²) >= 11 is 0. The van der Waals surface area contributed by atoms with E-state index in [1.165, 1.54) is 96.3 Å². The Labute approximate surface area is 191 Å². The molecule has 0 amide bonds. The summed E-state index contributed by atoms with van der Waals surface area (Å²) in [6, 6.07) is 1.39. The van der Waals surface area contributed by atoms with Gasteiger partial charge >= 0.3 is 5.97 Å². The molecule has 0 saturated heterocycles. The summed E-state index contributed by atoms with van der Waals surface area (Å²) in [6.07, 6.45) is 21.9. The van der Waals surface area contributed by atoms with Crippen molar-refractivity contribution in [1.29, 1.82) is 0 Å². The summed E-state index contributed by atoms with van der Waals surface area (Å²) in [4.78, 5) is 14.2. The predicted molar refractivity (Wildman–Crippen MR) is 128 cm³/mol. The van der Waals surface area contributed by atoms with Crippen LogP contribution >= 0.6 is 0 Å². The number of nitrogens with zero attached hydrogens (tertiary/aromatic N) is 1. The summed E-state index contributed by atoms with van der Waals surface area (Å²) in [5, 5.41) is 9.21. The van der Waals surface area contributed by atoms with Crippen LogP contribution in [-0.2, 0) is 4.79 Å². The van der Waals surface area contributed by atoms with E-state index in [4.69, 9.17) is 0 Å². The number of hydrogen-bond acceptors (Lipinski definition) is 2. The molecule has 0 aromatic carbocycles. The molecule has 0 spiro atoms. The normalized spacial score (nSPS) is 31.6. The van der Waals surface area contributed by atoms with Crippen molar-refractivity contribution in [3.8, 4) is 0 Å². The first-order chi connectivity index (χ1) is 15.0. The Morgan fingerprint density at radius 1 is 0.935 bits per heavy atom. The molecular weight excluding hydrogens is 382 g/mol. The zero-order valence-corrected chi connectivity index (χ0v) is 20.3. The van der Waals surface area contributed by atoms with Crippen molar-refractivity contribution in [2.75, 3.05) is 0 Å². The van der Waals surface area contributed by atoms with Gasteiger partial charge in [0.15, 0.2) is 0 Å². The molecule has 3 nitrogen and oxygen atoms in total. The SMILES string of the molecule is CC(C)C1=C(C2CCCCC2)CC(C2CCCCC2)N1C1CCCC(CCC(=O)O)C1. The maximum Gasteiger partial charge on any atom is 0.303 e. The first-order valence-electron chi connectivity index (χ1n) is 13.8. The van der Waals surface area contributed by atoms with Crippen molar-refractivity contribution in [1.82, 2.24) is 4.90 Å². The highest BCUT2D eigenvalue weighted by molar-refractivity contribution is 5.66. The molecule has 176 valence electrons. The zero-order chi connectivity index (χ0) is 21.8. The molecule has 1 N–H and O–H groups in total. The fourth-order valence-corrected chi connectivity index (χ4v) is 7.75. The molecule has 0 bridgehead atoms. The Hall–Kier alpha value is -0.990. The Morgan fingerprint density at radius 3 is 2.26 bits per heavy atom. The minimum atomic E-state index is -0.620. The summed E-state index contributed by atoms with van der Waals surface area (Å²) in [5.74, 6) is 2.32. The predicted octanol–water partition coefficient (Wildman–Crippen LogP) is 7.56. The Kier molecular flexibility index (Phi) is 8.04. The van der Waals surface area contributed by atoms with Crippen LogP contribution < -0.4 is 0 Å². The van der Waals surface area contributed by atoms with Gasteiger partial charge in [-0.2, -0.15) is 0 Å². The second-order valence-electron chi connectivity index (χ2n) is 11.6. The fraction of sp³-hybridized carbons (Fsp3) is 0.893. The van der Waals surface area contributed by atoms with Gasteiger partial charge in [0, 0.05) is 24.2 Å². The van der Waals surface area contributed by atoms with E-state index in [-0.39, 0.29) is 0 Å². The van der Waals surface area contributed by atoms with Crippen molar-refractivity contribution in [3.63, 3.8) is 0 Å². The van der Waals surface area contributed by atoms with E-state index >= 15 is 0 Å². The van der Waals surface area contributed by atoms with Crippen LogP contribution in [0.25, 0.3) is 0 Å². The number of carboxylic acids is 1. The number of allylic oxidation sites excluding steroid dienone is 1. The molecule has 1 aliphatic heterocycles. The van der Waals surface area contributed by atoms with Crippen molar-refractivity contribution >= 4 is 5.97 Å². The standard InChI is InChI=1S/C28H47NO2/c1-20(2)28-25(22-11-5-3-6-12-22)19-26(23-13-7-4-8-14-23)29(28)24-15-9-10-21(18-24)16-17-27(30)31/h20-24,26H,3-19H2,1-2H3,(H,30,31). The molecule has 3 aliphatic carbocycles. The zero-order valence-electron chi connectivity index (χ0n) is 20.3. The highest BCUT2D eigenvalue weighted by Crippen LogP contribution is 2.49. The van der Waals surface area contributed by atoms with Crippen LogP contribution in [0.5, 0.6) is 0 Å². The maximum absolute atomic E-state index is 11.2. The van der Waals surface area contributed by atoms with E-state index in [9.17, 15) is 9.90 Å². The van der Waals surface area contributed by atoms with E-state index in [2.05, 4.69) is 18.7 Å². The molecule has 3 heteroatoms. The molecule has 4 aliphatic rings.